The predicted octanol–water partition coefficient (Wildman–Crippen LogP) is 6.60. The molecule has 178 valence electrons. The number of halogens is 3. The first-order chi connectivity index (χ1) is 16.7. The number of nitro benzene ring substituents is 1. The number of hydrogen-bond acceptors (Lipinski definition) is 7. The number of aliphatic imine (C=N–C) groups is 1. The molecule has 0 atom stereocenters. The fourth-order valence-electron chi connectivity index (χ4n) is 3.18. The smallest absolute Gasteiger partial charge is 0.363 e. The average Bonchev–Trinajstić information content (AvgIpc) is 3.17. The second-order valence-electron chi connectivity index (χ2n) is 7.21. The maximum absolute atomic E-state index is 12.4. The summed E-state index contributed by atoms with van der Waals surface area (Å²) in [6.45, 7) is 0.162. The monoisotopic (exact) mass is 576 g/mol. The number of ether oxygens (including phenoxy) is 3. The summed E-state index contributed by atoms with van der Waals surface area (Å²) in [5.74, 6) is 0.292. The summed E-state index contributed by atoms with van der Waals surface area (Å²) in [5.41, 5.74) is 1.88. The van der Waals surface area contributed by atoms with Crippen LogP contribution in [-0.4, -0.2) is 23.9 Å². The van der Waals surface area contributed by atoms with Gasteiger partial charge in [0.2, 0.25) is 5.90 Å². The van der Waals surface area contributed by atoms with Crippen molar-refractivity contribution < 1.29 is 23.9 Å². The van der Waals surface area contributed by atoms with Gasteiger partial charge in [-0.2, -0.15) is 0 Å². The van der Waals surface area contributed by atoms with Crippen molar-refractivity contribution in [2.24, 2.45) is 4.99 Å². The van der Waals surface area contributed by atoms with E-state index >= 15 is 0 Å². The summed E-state index contributed by atoms with van der Waals surface area (Å²) in [6.07, 6.45) is 1.55. The van der Waals surface area contributed by atoms with Crippen LogP contribution >= 0.6 is 39.1 Å². The number of methoxy groups -OCH3 is 1. The Hall–Kier alpha value is -3.40. The standard InChI is InChI=1S/C24H15BrCl2N2O6/c1-33-21-10-14(8-18(25)22(21)34-12-13-2-5-16(6-3-13)29(31)32)9-20-24(30)35-23(28-20)17-7-4-15(26)11-19(17)27/h2-11H,12H2,1H3/b20-9-. The number of nitro groups is 1. The van der Waals surface area contributed by atoms with E-state index in [2.05, 4.69) is 20.9 Å². The number of benzene rings is 3. The van der Waals surface area contributed by atoms with Gasteiger partial charge in [-0.1, -0.05) is 23.2 Å². The molecule has 4 rings (SSSR count). The van der Waals surface area contributed by atoms with Crippen molar-refractivity contribution in [2.75, 3.05) is 7.11 Å². The zero-order valence-corrected chi connectivity index (χ0v) is 21.1. The number of esters is 1. The Bertz CT molecular complexity index is 1390. The number of non-ortho nitro benzene ring substituents is 1. The Balaban J connectivity index is 1.57. The van der Waals surface area contributed by atoms with Gasteiger partial charge in [0.25, 0.3) is 5.69 Å². The third kappa shape index (κ3) is 5.64. The second-order valence-corrected chi connectivity index (χ2v) is 8.90. The number of rotatable bonds is 7. The lowest BCUT2D eigenvalue weighted by Gasteiger charge is -2.13. The lowest BCUT2D eigenvalue weighted by molar-refractivity contribution is -0.384. The van der Waals surface area contributed by atoms with E-state index in [9.17, 15) is 14.9 Å². The van der Waals surface area contributed by atoms with Crippen LogP contribution < -0.4 is 9.47 Å². The Morgan fingerprint density at radius 2 is 1.89 bits per heavy atom. The van der Waals surface area contributed by atoms with Crippen molar-refractivity contribution in [3.8, 4) is 11.5 Å². The van der Waals surface area contributed by atoms with Gasteiger partial charge >= 0.3 is 5.97 Å². The molecule has 0 aromatic heterocycles. The van der Waals surface area contributed by atoms with E-state index in [0.717, 1.165) is 5.56 Å². The third-order valence-electron chi connectivity index (χ3n) is 4.87. The minimum atomic E-state index is -0.625. The maximum atomic E-state index is 12.4. The highest BCUT2D eigenvalue weighted by molar-refractivity contribution is 9.10. The molecule has 0 saturated carbocycles. The highest BCUT2D eigenvalue weighted by atomic mass is 79.9. The molecule has 0 amide bonds. The van der Waals surface area contributed by atoms with Gasteiger partial charge in [-0.05, 0) is 75.6 Å². The van der Waals surface area contributed by atoms with Crippen molar-refractivity contribution in [3.63, 3.8) is 0 Å². The van der Waals surface area contributed by atoms with Gasteiger partial charge in [0.1, 0.15) is 6.61 Å². The highest BCUT2D eigenvalue weighted by Crippen LogP contribution is 2.38. The van der Waals surface area contributed by atoms with Gasteiger partial charge in [0, 0.05) is 17.2 Å². The summed E-state index contributed by atoms with van der Waals surface area (Å²) in [7, 11) is 1.49. The molecule has 8 nitrogen and oxygen atoms in total. The first-order valence-electron chi connectivity index (χ1n) is 9.97. The normalized spacial score (nSPS) is 14.0. The fraction of sp³-hybridized carbons (Fsp3) is 0.0833. The largest absolute Gasteiger partial charge is 0.493 e. The van der Waals surface area contributed by atoms with E-state index < -0.39 is 10.9 Å². The lowest BCUT2D eigenvalue weighted by atomic mass is 10.1. The second kappa shape index (κ2) is 10.5. The number of nitrogens with zero attached hydrogens (tertiary/aromatic N) is 2. The molecule has 0 N–H and O–H groups in total. The Labute approximate surface area is 218 Å². The molecule has 1 heterocycles. The molecule has 3 aromatic carbocycles. The van der Waals surface area contributed by atoms with Crippen molar-refractivity contribution in [2.45, 2.75) is 6.61 Å². The quantitative estimate of drug-likeness (QED) is 0.136. The van der Waals surface area contributed by atoms with E-state index in [-0.39, 0.29) is 23.9 Å². The van der Waals surface area contributed by atoms with Crippen molar-refractivity contribution in [1.82, 2.24) is 0 Å². The third-order valence-corrected chi connectivity index (χ3v) is 6.00. The molecule has 0 aliphatic carbocycles. The first-order valence-corrected chi connectivity index (χ1v) is 11.5. The van der Waals surface area contributed by atoms with Crippen LogP contribution in [0.4, 0.5) is 5.69 Å². The highest BCUT2D eigenvalue weighted by Gasteiger charge is 2.26. The summed E-state index contributed by atoms with van der Waals surface area (Å²) in [5, 5.41) is 11.6. The zero-order valence-electron chi connectivity index (χ0n) is 18.0. The molecule has 0 radical (unpaired) electrons. The number of hydrogen-bond donors (Lipinski definition) is 0. The van der Waals surface area contributed by atoms with Crippen molar-refractivity contribution in [1.29, 1.82) is 0 Å². The van der Waals surface area contributed by atoms with Crippen molar-refractivity contribution in [3.05, 3.63) is 102 Å². The van der Waals surface area contributed by atoms with Crippen LogP contribution in [0.1, 0.15) is 16.7 Å². The van der Waals surface area contributed by atoms with Crippen LogP contribution in [0.5, 0.6) is 11.5 Å². The minimum Gasteiger partial charge on any atom is -0.493 e. The number of carbonyl (C=O) groups is 1. The molecule has 0 saturated heterocycles. The lowest BCUT2D eigenvalue weighted by Crippen LogP contribution is -2.05. The molecule has 0 bridgehead atoms. The molecule has 1 aliphatic heterocycles. The topological polar surface area (TPSA) is 100 Å². The summed E-state index contributed by atoms with van der Waals surface area (Å²) in [4.78, 5) is 27.0. The molecule has 35 heavy (non-hydrogen) atoms. The van der Waals surface area contributed by atoms with Gasteiger partial charge in [-0.15, -0.1) is 0 Å². The summed E-state index contributed by atoms with van der Waals surface area (Å²) >= 11 is 15.6. The minimum absolute atomic E-state index is 0.000471. The number of carbonyl (C=O) groups excluding carboxylic acids is 1. The van der Waals surface area contributed by atoms with Crippen LogP contribution in [0.3, 0.4) is 0 Å². The first kappa shape index (κ1) is 24.7. The van der Waals surface area contributed by atoms with Gasteiger partial charge < -0.3 is 14.2 Å². The van der Waals surface area contributed by atoms with Crippen LogP contribution in [0, 0.1) is 10.1 Å². The maximum Gasteiger partial charge on any atom is 0.363 e. The molecular weight excluding hydrogens is 563 g/mol. The number of cyclic esters (lactones) is 1. The van der Waals surface area contributed by atoms with Gasteiger partial charge in [0.15, 0.2) is 17.2 Å². The molecule has 0 fully saturated rings. The van der Waals surface area contributed by atoms with E-state index in [0.29, 0.717) is 37.1 Å². The molecule has 3 aromatic rings. The fourth-order valence-corrected chi connectivity index (χ4v) is 4.24. The van der Waals surface area contributed by atoms with E-state index in [1.807, 2.05) is 0 Å². The average molecular weight is 578 g/mol. The summed E-state index contributed by atoms with van der Waals surface area (Å²) in [6, 6.07) is 14.2. The molecule has 11 heteroatoms. The molecule has 0 unspecified atom stereocenters. The molecule has 0 spiro atoms. The summed E-state index contributed by atoms with van der Waals surface area (Å²) < 4.78 is 17.2. The van der Waals surface area contributed by atoms with E-state index in [1.165, 1.54) is 25.3 Å². The Morgan fingerprint density at radius 1 is 1.14 bits per heavy atom. The van der Waals surface area contributed by atoms with Gasteiger partial charge in [-0.3, -0.25) is 10.1 Å². The molecule has 1 aliphatic rings. The van der Waals surface area contributed by atoms with Crippen LogP contribution in [0.15, 0.2) is 69.8 Å². The van der Waals surface area contributed by atoms with Crippen molar-refractivity contribution >= 4 is 62.8 Å². The van der Waals surface area contributed by atoms with Gasteiger partial charge in [0.05, 0.1) is 27.1 Å². The Kier molecular flexibility index (Phi) is 7.39. The van der Waals surface area contributed by atoms with Gasteiger partial charge in [-0.25, -0.2) is 9.79 Å². The predicted molar refractivity (Wildman–Crippen MR) is 135 cm³/mol. The Morgan fingerprint density at radius 3 is 2.54 bits per heavy atom. The van der Waals surface area contributed by atoms with Crippen LogP contribution in [-0.2, 0) is 16.1 Å². The zero-order chi connectivity index (χ0) is 25.1. The van der Waals surface area contributed by atoms with Crippen LogP contribution in [0.2, 0.25) is 10.0 Å². The van der Waals surface area contributed by atoms with E-state index in [1.54, 1.807) is 42.5 Å². The molecular formula is C24H15BrCl2N2O6. The SMILES string of the molecule is COc1cc(/C=C2\N=C(c3ccc(Cl)cc3Cl)OC2=O)cc(Br)c1OCc1ccc([N+](=O)[O-])cc1. The van der Waals surface area contributed by atoms with E-state index in [4.69, 9.17) is 37.4 Å². The van der Waals surface area contributed by atoms with Crippen LogP contribution in [0.25, 0.3) is 6.08 Å².